The molecule has 118 valence electrons. The molecule has 4 rings (SSSR count). The monoisotopic (exact) mass is 370 g/mol. The largest absolute Gasteiger partial charge is 0.341 e. The molecule has 1 saturated heterocycles. The van der Waals surface area contributed by atoms with E-state index in [2.05, 4.69) is 73.5 Å². The van der Waals surface area contributed by atoms with E-state index in [1.165, 1.54) is 5.56 Å². The van der Waals surface area contributed by atoms with Gasteiger partial charge < -0.3 is 10.3 Å². The van der Waals surface area contributed by atoms with Crippen molar-refractivity contribution in [2.75, 3.05) is 0 Å². The first kappa shape index (κ1) is 14.8. The van der Waals surface area contributed by atoms with Crippen LogP contribution in [0.3, 0.4) is 0 Å². The number of H-pyrrole nitrogens is 1. The van der Waals surface area contributed by atoms with Crippen molar-refractivity contribution < 1.29 is 0 Å². The molecule has 4 nitrogen and oxygen atoms in total. The molecule has 0 amide bonds. The lowest BCUT2D eigenvalue weighted by molar-refractivity contribution is 0.299. The van der Waals surface area contributed by atoms with Crippen LogP contribution in [0.1, 0.15) is 43.1 Å². The van der Waals surface area contributed by atoms with Gasteiger partial charge in [0.1, 0.15) is 11.5 Å². The number of hydrogen-bond acceptors (Lipinski definition) is 3. The summed E-state index contributed by atoms with van der Waals surface area (Å²) in [5.41, 5.74) is 3.29. The van der Waals surface area contributed by atoms with Crippen LogP contribution in [-0.4, -0.2) is 21.0 Å². The Hall–Kier alpha value is -1.72. The van der Waals surface area contributed by atoms with Crippen LogP contribution >= 0.6 is 15.9 Å². The number of aromatic nitrogens is 3. The number of benzene rings is 1. The third-order valence-electron chi connectivity index (χ3n) is 4.62. The predicted molar refractivity (Wildman–Crippen MR) is 94.5 cm³/mol. The molecule has 2 N–H and O–H groups in total. The number of rotatable bonds is 2. The first-order valence-corrected chi connectivity index (χ1v) is 8.80. The van der Waals surface area contributed by atoms with Gasteiger partial charge in [-0.25, -0.2) is 4.98 Å². The maximum atomic E-state index is 4.64. The minimum Gasteiger partial charge on any atom is -0.341 e. The first-order chi connectivity index (χ1) is 11.2. The summed E-state index contributed by atoms with van der Waals surface area (Å²) < 4.78 is 0.998. The smallest absolute Gasteiger partial charge is 0.109 e. The summed E-state index contributed by atoms with van der Waals surface area (Å²) in [6, 6.07) is 11.5. The molecule has 0 radical (unpaired) electrons. The number of piperidine rings is 1. The Morgan fingerprint density at radius 2 is 1.91 bits per heavy atom. The molecule has 0 bridgehead atoms. The fraction of sp³-hybridized carbons (Fsp3) is 0.333. The third-order valence-corrected chi connectivity index (χ3v) is 5.22. The van der Waals surface area contributed by atoms with Gasteiger partial charge in [0.15, 0.2) is 0 Å². The highest BCUT2D eigenvalue weighted by Gasteiger charge is 2.29. The SMILES string of the molecule is CC1CC(c2ncc3ncc(Br)c-3[nH]2)CC(c2ccccc2)N1. The van der Waals surface area contributed by atoms with Crippen LogP contribution < -0.4 is 5.32 Å². The Balaban J connectivity index is 1.64. The van der Waals surface area contributed by atoms with Crippen LogP contribution in [0.4, 0.5) is 0 Å². The quantitative estimate of drug-likeness (QED) is 0.708. The van der Waals surface area contributed by atoms with Gasteiger partial charge in [0.25, 0.3) is 0 Å². The van der Waals surface area contributed by atoms with Crippen LogP contribution in [0.5, 0.6) is 0 Å². The lowest BCUT2D eigenvalue weighted by Gasteiger charge is -2.34. The zero-order chi connectivity index (χ0) is 15.8. The van der Waals surface area contributed by atoms with Crippen LogP contribution in [0.15, 0.2) is 47.2 Å². The second-order valence-corrected chi connectivity index (χ2v) is 7.19. The molecule has 1 fully saturated rings. The average Bonchev–Trinajstić information content (AvgIpc) is 2.96. The average molecular weight is 371 g/mol. The van der Waals surface area contributed by atoms with E-state index < -0.39 is 0 Å². The normalized spacial score (nSPS) is 24.9. The van der Waals surface area contributed by atoms with Gasteiger partial charge in [0.2, 0.25) is 0 Å². The number of hydrogen-bond donors (Lipinski definition) is 2. The molecule has 0 spiro atoms. The van der Waals surface area contributed by atoms with Crippen molar-refractivity contribution in [1.29, 1.82) is 0 Å². The summed E-state index contributed by atoms with van der Waals surface area (Å²) >= 11 is 3.55. The fourth-order valence-corrected chi connectivity index (χ4v) is 3.93. The van der Waals surface area contributed by atoms with Gasteiger partial charge in [-0.2, -0.15) is 0 Å². The summed E-state index contributed by atoms with van der Waals surface area (Å²) in [7, 11) is 0. The highest BCUT2D eigenvalue weighted by atomic mass is 79.9. The molecule has 3 unspecified atom stereocenters. The third kappa shape index (κ3) is 2.91. The number of nitrogens with zero attached hydrogens (tertiary/aromatic N) is 2. The summed E-state index contributed by atoms with van der Waals surface area (Å²) in [5, 5.41) is 3.71. The maximum Gasteiger partial charge on any atom is 0.109 e. The molecule has 3 atom stereocenters. The van der Waals surface area contributed by atoms with Gasteiger partial charge in [-0.3, -0.25) is 4.98 Å². The number of halogens is 1. The van der Waals surface area contributed by atoms with Crippen molar-refractivity contribution in [3.8, 4) is 11.4 Å². The van der Waals surface area contributed by atoms with E-state index in [9.17, 15) is 0 Å². The maximum absolute atomic E-state index is 4.64. The number of fused-ring (bicyclic) bond motifs is 1. The topological polar surface area (TPSA) is 53.6 Å². The van der Waals surface area contributed by atoms with E-state index in [1.54, 1.807) is 0 Å². The summed E-state index contributed by atoms with van der Waals surface area (Å²) in [6.07, 6.45) is 5.83. The predicted octanol–water partition coefficient (Wildman–Crippen LogP) is 4.27. The molecule has 1 aromatic rings. The molecule has 5 heteroatoms. The number of aromatic amines is 1. The Labute approximate surface area is 144 Å². The van der Waals surface area contributed by atoms with Crippen LogP contribution in [-0.2, 0) is 0 Å². The Bertz CT molecular complexity index is 770. The van der Waals surface area contributed by atoms with Gasteiger partial charge in [-0.05, 0) is 41.3 Å². The van der Waals surface area contributed by atoms with Crippen LogP contribution in [0.25, 0.3) is 11.4 Å². The molecule has 3 aliphatic heterocycles. The van der Waals surface area contributed by atoms with E-state index in [4.69, 9.17) is 0 Å². The van der Waals surface area contributed by atoms with Crippen molar-refractivity contribution in [1.82, 2.24) is 20.3 Å². The van der Waals surface area contributed by atoms with Gasteiger partial charge in [-0.1, -0.05) is 30.3 Å². The van der Waals surface area contributed by atoms with E-state index in [1.807, 2.05) is 12.4 Å². The summed E-state index contributed by atoms with van der Waals surface area (Å²) in [5.74, 6) is 1.48. The molecule has 1 aromatic carbocycles. The molecule has 0 aromatic heterocycles. The van der Waals surface area contributed by atoms with Crippen molar-refractivity contribution in [3.63, 3.8) is 0 Å². The zero-order valence-corrected chi connectivity index (χ0v) is 14.5. The zero-order valence-electron chi connectivity index (χ0n) is 13.0. The highest BCUT2D eigenvalue weighted by molar-refractivity contribution is 9.10. The molecule has 0 saturated carbocycles. The standard InChI is InChI=1S/C18H19BrN4/c1-11-7-13(8-15(22-11)12-5-3-2-4-6-12)18-21-10-16-17(23-18)14(19)9-20-16/h2-6,9-11,13,15,22H,7-8H2,1H3,(H,21,23). The second kappa shape index (κ2) is 6.06. The lowest BCUT2D eigenvalue weighted by atomic mass is 9.85. The van der Waals surface area contributed by atoms with Crippen molar-refractivity contribution in [2.24, 2.45) is 0 Å². The highest BCUT2D eigenvalue weighted by Crippen LogP contribution is 2.36. The van der Waals surface area contributed by atoms with Crippen molar-refractivity contribution >= 4 is 15.9 Å². The second-order valence-electron chi connectivity index (χ2n) is 6.33. The fourth-order valence-electron chi connectivity index (χ4n) is 3.53. The first-order valence-electron chi connectivity index (χ1n) is 8.01. The summed E-state index contributed by atoms with van der Waals surface area (Å²) in [4.78, 5) is 12.5. The van der Waals surface area contributed by atoms with E-state index >= 15 is 0 Å². The molecule has 3 aliphatic rings. The van der Waals surface area contributed by atoms with Crippen molar-refractivity contribution in [2.45, 2.75) is 37.8 Å². The van der Waals surface area contributed by atoms with Crippen molar-refractivity contribution in [3.05, 3.63) is 58.6 Å². The van der Waals surface area contributed by atoms with Crippen LogP contribution in [0, 0.1) is 0 Å². The van der Waals surface area contributed by atoms with Gasteiger partial charge in [-0.15, -0.1) is 0 Å². The molecular weight excluding hydrogens is 352 g/mol. The Morgan fingerprint density at radius 1 is 1.09 bits per heavy atom. The van der Waals surface area contributed by atoms with Gasteiger partial charge in [0.05, 0.1) is 16.4 Å². The number of nitrogens with one attached hydrogen (secondary N) is 2. The Morgan fingerprint density at radius 3 is 2.74 bits per heavy atom. The van der Waals surface area contributed by atoms with E-state index in [0.29, 0.717) is 18.0 Å². The Kier molecular flexibility index (Phi) is 3.91. The molecule has 23 heavy (non-hydrogen) atoms. The molecular formula is C18H19BrN4. The van der Waals surface area contributed by atoms with E-state index in [0.717, 1.165) is 34.5 Å². The van der Waals surface area contributed by atoms with Crippen LogP contribution in [0.2, 0.25) is 0 Å². The lowest BCUT2D eigenvalue weighted by Crippen LogP contribution is -2.38. The molecule has 3 heterocycles. The minimum absolute atomic E-state index is 0.372. The summed E-state index contributed by atoms with van der Waals surface area (Å²) in [6.45, 7) is 2.25. The van der Waals surface area contributed by atoms with E-state index in [-0.39, 0.29) is 0 Å². The van der Waals surface area contributed by atoms with Gasteiger partial charge >= 0.3 is 0 Å². The molecule has 0 aliphatic carbocycles. The minimum atomic E-state index is 0.372. The van der Waals surface area contributed by atoms with Gasteiger partial charge in [0, 0.05) is 24.2 Å².